The van der Waals surface area contributed by atoms with Crippen molar-refractivity contribution < 1.29 is 10.2 Å². The minimum Gasteiger partial charge on any atom is -0.396 e. The van der Waals surface area contributed by atoms with Gasteiger partial charge in [-0.2, -0.15) is 0 Å². The molecule has 2 fully saturated rings. The van der Waals surface area contributed by atoms with Crippen molar-refractivity contribution in [1.82, 2.24) is 0 Å². The number of hydrogen-bond acceptors (Lipinski definition) is 2. The summed E-state index contributed by atoms with van der Waals surface area (Å²) in [6, 6.07) is 0. The third-order valence-electron chi connectivity index (χ3n) is 5.30. The first-order valence-corrected chi connectivity index (χ1v) is 5.69. The van der Waals surface area contributed by atoms with Gasteiger partial charge in [0.25, 0.3) is 0 Å². The lowest BCUT2D eigenvalue weighted by molar-refractivity contribution is -0.0402. The summed E-state index contributed by atoms with van der Waals surface area (Å²) < 4.78 is 0. The molecular formula is C12H18O2. The smallest absolute Gasteiger partial charge is 0.0499 e. The Morgan fingerprint density at radius 3 is 1.93 bits per heavy atom. The van der Waals surface area contributed by atoms with Gasteiger partial charge in [0.2, 0.25) is 0 Å². The summed E-state index contributed by atoms with van der Waals surface area (Å²) in [7, 11) is 0. The molecule has 0 heterocycles. The summed E-state index contributed by atoms with van der Waals surface area (Å²) in [5, 5.41) is 19.4. The van der Waals surface area contributed by atoms with E-state index in [0.717, 1.165) is 12.8 Å². The average Bonchev–Trinajstić information content (AvgIpc) is 2.88. The van der Waals surface area contributed by atoms with Gasteiger partial charge >= 0.3 is 0 Å². The molecule has 0 aromatic heterocycles. The number of hydrogen-bond donors (Lipinski definition) is 2. The van der Waals surface area contributed by atoms with Crippen molar-refractivity contribution in [2.75, 3.05) is 13.2 Å². The first kappa shape index (κ1) is 8.93. The van der Waals surface area contributed by atoms with Crippen LogP contribution in [0.25, 0.3) is 0 Å². The van der Waals surface area contributed by atoms with Crippen molar-refractivity contribution >= 4 is 0 Å². The Morgan fingerprint density at radius 2 is 1.50 bits per heavy atom. The summed E-state index contributed by atoms with van der Waals surface area (Å²) in [6.45, 7) is 0.526. The Labute approximate surface area is 84.6 Å². The van der Waals surface area contributed by atoms with Crippen LogP contribution in [0.15, 0.2) is 12.2 Å². The zero-order valence-corrected chi connectivity index (χ0v) is 8.45. The summed E-state index contributed by atoms with van der Waals surface area (Å²) in [6.07, 6.45) is 9.11. The molecule has 0 spiro atoms. The van der Waals surface area contributed by atoms with E-state index in [0.29, 0.717) is 11.8 Å². The number of aliphatic hydroxyl groups excluding tert-OH is 2. The lowest BCUT2D eigenvalue weighted by Gasteiger charge is -2.45. The van der Waals surface area contributed by atoms with Crippen LogP contribution in [-0.4, -0.2) is 23.4 Å². The molecule has 2 heteroatoms. The molecule has 14 heavy (non-hydrogen) atoms. The van der Waals surface area contributed by atoms with E-state index in [1.54, 1.807) is 0 Å². The van der Waals surface area contributed by atoms with Gasteiger partial charge in [-0.15, -0.1) is 0 Å². The monoisotopic (exact) mass is 194 g/mol. The molecule has 3 aliphatic rings. The number of fused-ring (bicyclic) bond motifs is 5. The Bertz CT molecular complexity index is 260. The second-order valence-corrected chi connectivity index (χ2v) is 5.32. The molecule has 3 aliphatic carbocycles. The molecule has 2 nitrogen and oxygen atoms in total. The van der Waals surface area contributed by atoms with E-state index in [4.69, 9.17) is 0 Å². The first-order valence-electron chi connectivity index (χ1n) is 5.69. The summed E-state index contributed by atoms with van der Waals surface area (Å²) in [4.78, 5) is 0. The van der Waals surface area contributed by atoms with Crippen molar-refractivity contribution in [3.8, 4) is 0 Å². The molecule has 2 saturated carbocycles. The fourth-order valence-corrected chi connectivity index (χ4v) is 4.55. The van der Waals surface area contributed by atoms with Crippen LogP contribution in [0.4, 0.5) is 0 Å². The maximum atomic E-state index is 9.70. The van der Waals surface area contributed by atoms with Crippen LogP contribution in [0.5, 0.6) is 0 Å². The predicted octanol–water partition coefficient (Wildman–Crippen LogP) is 1.33. The van der Waals surface area contributed by atoms with E-state index in [-0.39, 0.29) is 24.0 Å². The molecule has 2 N–H and O–H groups in total. The molecule has 2 bridgehead atoms. The molecule has 4 atom stereocenters. The SMILES string of the molecule is OCC12CCCC1(CO)C1C=CC2C1. The van der Waals surface area contributed by atoms with Crippen LogP contribution in [0.3, 0.4) is 0 Å². The van der Waals surface area contributed by atoms with Crippen LogP contribution in [0.2, 0.25) is 0 Å². The second-order valence-electron chi connectivity index (χ2n) is 5.32. The third-order valence-corrected chi connectivity index (χ3v) is 5.30. The van der Waals surface area contributed by atoms with Crippen molar-refractivity contribution in [1.29, 1.82) is 0 Å². The maximum absolute atomic E-state index is 9.70. The van der Waals surface area contributed by atoms with Crippen molar-refractivity contribution in [3.05, 3.63) is 12.2 Å². The van der Waals surface area contributed by atoms with Crippen LogP contribution in [0, 0.1) is 22.7 Å². The lowest BCUT2D eigenvalue weighted by Crippen LogP contribution is -2.46. The normalized spacial score (nSPS) is 54.1. The maximum Gasteiger partial charge on any atom is 0.0499 e. The highest BCUT2D eigenvalue weighted by Crippen LogP contribution is 2.70. The molecule has 3 rings (SSSR count). The third kappa shape index (κ3) is 0.695. The summed E-state index contributed by atoms with van der Waals surface area (Å²) in [5.41, 5.74) is 0.0579. The second kappa shape index (κ2) is 2.61. The molecule has 0 radical (unpaired) electrons. The Balaban J connectivity index is 2.11. The fourth-order valence-electron chi connectivity index (χ4n) is 4.55. The van der Waals surface area contributed by atoms with Crippen LogP contribution in [-0.2, 0) is 0 Å². The Kier molecular flexibility index (Phi) is 1.67. The average molecular weight is 194 g/mol. The van der Waals surface area contributed by atoms with Gasteiger partial charge < -0.3 is 10.2 Å². The van der Waals surface area contributed by atoms with Gasteiger partial charge in [-0.1, -0.05) is 18.6 Å². The highest BCUT2D eigenvalue weighted by Gasteiger charge is 2.66. The summed E-state index contributed by atoms with van der Waals surface area (Å²) in [5.74, 6) is 1.07. The molecule has 0 aromatic carbocycles. The van der Waals surface area contributed by atoms with Gasteiger partial charge in [0.15, 0.2) is 0 Å². The zero-order chi connectivity index (χ0) is 9.81. The fraction of sp³-hybridized carbons (Fsp3) is 0.833. The van der Waals surface area contributed by atoms with Gasteiger partial charge in [0.05, 0.1) is 0 Å². The molecule has 4 unspecified atom stereocenters. The molecule has 0 amide bonds. The molecule has 0 saturated heterocycles. The van der Waals surface area contributed by atoms with E-state index in [1.165, 1.54) is 12.8 Å². The van der Waals surface area contributed by atoms with Crippen molar-refractivity contribution in [2.45, 2.75) is 25.7 Å². The van der Waals surface area contributed by atoms with Gasteiger partial charge in [0.1, 0.15) is 0 Å². The van der Waals surface area contributed by atoms with E-state index < -0.39 is 0 Å². The summed E-state index contributed by atoms with van der Waals surface area (Å²) >= 11 is 0. The minimum absolute atomic E-state index is 0.0289. The molecule has 0 aliphatic heterocycles. The molecular weight excluding hydrogens is 176 g/mol. The van der Waals surface area contributed by atoms with E-state index >= 15 is 0 Å². The Hall–Kier alpha value is -0.340. The highest BCUT2D eigenvalue weighted by molar-refractivity contribution is 5.26. The van der Waals surface area contributed by atoms with Crippen molar-refractivity contribution in [2.24, 2.45) is 22.7 Å². The first-order chi connectivity index (χ1) is 6.79. The van der Waals surface area contributed by atoms with E-state index in [2.05, 4.69) is 12.2 Å². The van der Waals surface area contributed by atoms with E-state index in [1.807, 2.05) is 0 Å². The Morgan fingerprint density at radius 1 is 1.00 bits per heavy atom. The topological polar surface area (TPSA) is 40.5 Å². The predicted molar refractivity (Wildman–Crippen MR) is 53.6 cm³/mol. The molecule has 0 aromatic rings. The largest absolute Gasteiger partial charge is 0.396 e. The standard InChI is InChI=1S/C12H18O2/c13-7-11-4-1-5-12(11,8-14)10-3-2-9(11)6-10/h2-3,9-10,13-14H,1,4-8H2. The molecule has 78 valence electrons. The number of allylic oxidation sites excluding steroid dienone is 2. The lowest BCUT2D eigenvalue weighted by atomic mass is 9.60. The van der Waals surface area contributed by atoms with Crippen LogP contribution < -0.4 is 0 Å². The van der Waals surface area contributed by atoms with Gasteiger partial charge in [-0.3, -0.25) is 0 Å². The van der Waals surface area contributed by atoms with E-state index in [9.17, 15) is 10.2 Å². The minimum atomic E-state index is 0.0289. The number of aliphatic hydroxyl groups is 2. The highest BCUT2D eigenvalue weighted by atomic mass is 16.3. The van der Waals surface area contributed by atoms with Gasteiger partial charge in [-0.25, -0.2) is 0 Å². The quantitative estimate of drug-likeness (QED) is 0.651. The van der Waals surface area contributed by atoms with Crippen LogP contribution >= 0.6 is 0 Å². The van der Waals surface area contributed by atoms with Crippen molar-refractivity contribution in [3.63, 3.8) is 0 Å². The van der Waals surface area contributed by atoms with Crippen LogP contribution in [0.1, 0.15) is 25.7 Å². The zero-order valence-electron chi connectivity index (χ0n) is 8.45. The van der Waals surface area contributed by atoms with Gasteiger partial charge in [0, 0.05) is 24.0 Å². The number of rotatable bonds is 2. The van der Waals surface area contributed by atoms with Gasteiger partial charge in [-0.05, 0) is 31.1 Å².